The Kier molecular flexibility index (Phi) is 6.23. The fourth-order valence-corrected chi connectivity index (χ4v) is 2.78. The van der Waals surface area contributed by atoms with Gasteiger partial charge in [-0.25, -0.2) is 0 Å². The summed E-state index contributed by atoms with van der Waals surface area (Å²) in [6.45, 7) is 4.29. The van der Waals surface area contributed by atoms with Crippen LogP contribution in [0.2, 0.25) is 0 Å². The highest BCUT2D eigenvalue weighted by Crippen LogP contribution is 2.23. The number of rotatable bonds is 8. The minimum Gasteiger partial charge on any atom is -0.492 e. The molecule has 0 aliphatic heterocycles. The van der Waals surface area contributed by atoms with Crippen molar-refractivity contribution in [2.45, 2.75) is 13.5 Å². The van der Waals surface area contributed by atoms with Gasteiger partial charge in [0.05, 0.1) is 0 Å². The lowest BCUT2D eigenvalue weighted by atomic mass is 10.0. The molecule has 0 saturated heterocycles. The standard InChI is InChI=1S/C23H24N2O2/c1-17-5-7-18(8-6-17)16-25-13-14-27-22-11-9-19(10-12-22)20-3-2-4-21(15-20)23(24)26/h2-12,15,25H,13-14,16H2,1H3,(H2,24,26). The van der Waals surface area contributed by atoms with Gasteiger partial charge in [0.25, 0.3) is 0 Å². The van der Waals surface area contributed by atoms with Crippen LogP contribution in [0, 0.1) is 6.92 Å². The van der Waals surface area contributed by atoms with Gasteiger partial charge < -0.3 is 15.8 Å². The number of carbonyl (C=O) groups is 1. The second-order valence-electron chi connectivity index (χ2n) is 6.48. The van der Waals surface area contributed by atoms with Crippen LogP contribution in [0.3, 0.4) is 0 Å². The van der Waals surface area contributed by atoms with Crippen LogP contribution in [0.4, 0.5) is 0 Å². The smallest absolute Gasteiger partial charge is 0.248 e. The maximum absolute atomic E-state index is 11.3. The Labute approximate surface area is 160 Å². The molecule has 3 aromatic carbocycles. The van der Waals surface area contributed by atoms with Crippen molar-refractivity contribution in [2.24, 2.45) is 5.73 Å². The minimum atomic E-state index is -0.421. The summed E-state index contributed by atoms with van der Waals surface area (Å²) in [5.74, 6) is 0.400. The van der Waals surface area contributed by atoms with Gasteiger partial charge in [-0.3, -0.25) is 4.79 Å². The normalized spacial score (nSPS) is 10.6. The summed E-state index contributed by atoms with van der Waals surface area (Å²) in [5, 5.41) is 3.38. The number of nitrogens with one attached hydrogen (secondary N) is 1. The third kappa shape index (κ3) is 5.43. The van der Waals surface area contributed by atoms with E-state index in [4.69, 9.17) is 10.5 Å². The molecule has 27 heavy (non-hydrogen) atoms. The van der Waals surface area contributed by atoms with Gasteiger partial charge in [-0.15, -0.1) is 0 Å². The molecule has 0 saturated carbocycles. The summed E-state index contributed by atoms with van der Waals surface area (Å²) in [5.41, 5.74) is 10.4. The Morgan fingerprint density at radius 1 is 0.963 bits per heavy atom. The zero-order valence-electron chi connectivity index (χ0n) is 15.4. The number of hydrogen-bond donors (Lipinski definition) is 2. The van der Waals surface area contributed by atoms with Crippen molar-refractivity contribution in [3.05, 3.63) is 89.5 Å². The first-order chi connectivity index (χ1) is 13.1. The van der Waals surface area contributed by atoms with Crippen molar-refractivity contribution in [3.63, 3.8) is 0 Å². The third-order valence-corrected chi connectivity index (χ3v) is 4.33. The fraction of sp³-hybridized carbons (Fsp3) is 0.174. The molecule has 0 radical (unpaired) electrons. The highest BCUT2D eigenvalue weighted by atomic mass is 16.5. The number of primary amides is 1. The van der Waals surface area contributed by atoms with Crippen molar-refractivity contribution in [3.8, 4) is 16.9 Å². The molecule has 0 heterocycles. The summed E-state index contributed by atoms with van der Waals surface area (Å²) in [7, 11) is 0. The molecule has 0 aliphatic carbocycles. The van der Waals surface area contributed by atoms with Crippen molar-refractivity contribution in [2.75, 3.05) is 13.2 Å². The molecule has 4 heteroatoms. The monoisotopic (exact) mass is 360 g/mol. The zero-order chi connectivity index (χ0) is 19.1. The molecule has 3 aromatic rings. The Balaban J connectivity index is 1.47. The molecule has 0 atom stereocenters. The zero-order valence-corrected chi connectivity index (χ0v) is 15.4. The highest BCUT2D eigenvalue weighted by molar-refractivity contribution is 5.94. The summed E-state index contributed by atoms with van der Waals surface area (Å²) in [4.78, 5) is 11.3. The number of amides is 1. The lowest BCUT2D eigenvalue weighted by Gasteiger charge is -2.09. The van der Waals surface area contributed by atoms with Gasteiger partial charge in [0, 0.05) is 18.7 Å². The van der Waals surface area contributed by atoms with Gasteiger partial charge in [-0.05, 0) is 47.9 Å². The fourth-order valence-electron chi connectivity index (χ4n) is 2.78. The molecule has 0 aliphatic rings. The molecular weight excluding hydrogens is 336 g/mol. The number of ether oxygens (including phenoxy) is 1. The predicted octanol–water partition coefficient (Wildman–Crippen LogP) is 3.93. The molecule has 0 aromatic heterocycles. The van der Waals surface area contributed by atoms with E-state index in [1.54, 1.807) is 12.1 Å². The maximum Gasteiger partial charge on any atom is 0.248 e. The Bertz CT molecular complexity index is 887. The van der Waals surface area contributed by atoms with Crippen molar-refractivity contribution in [1.29, 1.82) is 0 Å². The largest absolute Gasteiger partial charge is 0.492 e. The average molecular weight is 360 g/mol. The number of benzene rings is 3. The van der Waals surface area contributed by atoms with Crippen LogP contribution in [0.15, 0.2) is 72.8 Å². The Morgan fingerprint density at radius 2 is 1.70 bits per heavy atom. The van der Waals surface area contributed by atoms with Gasteiger partial charge in [0.2, 0.25) is 5.91 Å². The van der Waals surface area contributed by atoms with Gasteiger partial charge in [-0.2, -0.15) is 0 Å². The predicted molar refractivity (Wildman–Crippen MR) is 109 cm³/mol. The van der Waals surface area contributed by atoms with Crippen LogP contribution in [-0.2, 0) is 6.54 Å². The summed E-state index contributed by atoms with van der Waals surface area (Å²) in [6.07, 6.45) is 0. The average Bonchev–Trinajstić information content (AvgIpc) is 2.70. The molecule has 3 N–H and O–H groups in total. The second kappa shape index (κ2) is 9.01. The van der Waals surface area contributed by atoms with Crippen LogP contribution in [0.5, 0.6) is 5.75 Å². The van der Waals surface area contributed by atoms with Gasteiger partial charge >= 0.3 is 0 Å². The first-order valence-electron chi connectivity index (χ1n) is 9.01. The molecule has 0 bridgehead atoms. The van der Waals surface area contributed by atoms with E-state index in [-0.39, 0.29) is 0 Å². The minimum absolute atomic E-state index is 0.421. The van der Waals surface area contributed by atoms with E-state index >= 15 is 0 Å². The van der Waals surface area contributed by atoms with Gasteiger partial charge in [-0.1, -0.05) is 54.1 Å². The second-order valence-corrected chi connectivity index (χ2v) is 6.48. The molecular formula is C23H24N2O2. The molecule has 0 unspecified atom stereocenters. The van der Waals surface area contributed by atoms with Crippen molar-refractivity contribution >= 4 is 5.91 Å². The lowest BCUT2D eigenvalue weighted by molar-refractivity contribution is 0.100. The van der Waals surface area contributed by atoms with Gasteiger partial charge in [0.1, 0.15) is 12.4 Å². The van der Waals surface area contributed by atoms with Gasteiger partial charge in [0.15, 0.2) is 0 Å². The van der Waals surface area contributed by atoms with E-state index in [1.165, 1.54) is 11.1 Å². The maximum atomic E-state index is 11.3. The number of carbonyl (C=O) groups excluding carboxylic acids is 1. The molecule has 138 valence electrons. The first kappa shape index (κ1) is 18.7. The Morgan fingerprint density at radius 3 is 2.41 bits per heavy atom. The van der Waals surface area contributed by atoms with Crippen molar-refractivity contribution in [1.82, 2.24) is 5.32 Å². The molecule has 1 amide bonds. The van der Waals surface area contributed by atoms with E-state index in [0.29, 0.717) is 12.2 Å². The molecule has 3 rings (SSSR count). The Hall–Kier alpha value is -3.11. The molecule has 4 nitrogen and oxygen atoms in total. The number of nitrogens with two attached hydrogens (primary N) is 1. The lowest BCUT2D eigenvalue weighted by Crippen LogP contribution is -2.20. The first-order valence-corrected chi connectivity index (χ1v) is 9.01. The SMILES string of the molecule is Cc1ccc(CNCCOc2ccc(-c3cccc(C(N)=O)c3)cc2)cc1. The topological polar surface area (TPSA) is 64.3 Å². The van der Waals surface area contributed by atoms with Crippen LogP contribution < -0.4 is 15.8 Å². The molecule has 0 fully saturated rings. The number of hydrogen-bond acceptors (Lipinski definition) is 3. The molecule has 0 spiro atoms. The summed E-state index contributed by atoms with van der Waals surface area (Å²) < 4.78 is 5.78. The van der Waals surface area contributed by atoms with Crippen LogP contribution in [-0.4, -0.2) is 19.1 Å². The number of aryl methyl sites for hydroxylation is 1. The summed E-state index contributed by atoms with van der Waals surface area (Å²) >= 11 is 0. The van der Waals surface area contributed by atoms with E-state index < -0.39 is 5.91 Å². The van der Waals surface area contributed by atoms with Crippen LogP contribution >= 0.6 is 0 Å². The van der Waals surface area contributed by atoms with Crippen molar-refractivity contribution < 1.29 is 9.53 Å². The van der Waals surface area contributed by atoms with E-state index in [1.807, 2.05) is 36.4 Å². The quantitative estimate of drug-likeness (QED) is 0.598. The highest BCUT2D eigenvalue weighted by Gasteiger charge is 2.04. The third-order valence-electron chi connectivity index (χ3n) is 4.33. The van der Waals surface area contributed by atoms with Crippen LogP contribution in [0.25, 0.3) is 11.1 Å². The van der Waals surface area contributed by atoms with E-state index in [2.05, 4.69) is 36.5 Å². The summed E-state index contributed by atoms with van der Waals surface area (Å²) in [6, 6.07) is 23.6. The van der Waals surface area contributed by atoms with E-state index in [0.717, 1.165) is 30.0 Å². The van der Waals surface area contributed by atoms with E-state index in [9.17, 15) is 4.79 Å². The van der Waals surface area contributed by atoms with Crippen LogP contribution in [0.1, 0.15) is 21.5 Å².